The molecule has 0 aromatic carbocycles. The Hall–Kier alpha value is -0.373. The minimum atomic E-state index is -1.26. The normalized spacial score (nSPS) is 10.7. The van der Waals surface area contributed by atoms with E-state index in [-0.39, 0.29) is 29.3 Å². The van der Waals surface area contributed by atoms with Gasteiger partial charge in [0.15, 0.2) is 5.01 Å². The zero-order valence-electron chi connectivity index (χ0n) is 8.12. The number of hydrogen-bond donors (Lipinski definition) is 0. The van der Waals surface area contributed by atoms with E-state index in [2.05, 4.69) is 10.2 Å². The molecule has 0 saturated heterocycles. The Morgan fingerprint density at radius 3 is 2.15 bits per heavy atom. The molecule has 13 heavy (non-hydrogen) atoms. The summed E-state index contributed by atoms with van der Waals surface area (Å²) in [5.74, 6) is -1.26. The molecule has 0 saturated carbocycles. The molecule has 6 heteroatoms. The van der Waals surface area contributed by atoms with Gasteiger partial charge in [0.05, 0.1) is 0 Å². The van der Waals surface area contributed by atoms with Crippen molar-refractivity contribution in [2.75, 3.05) is 0 Å². The summed E-state index contributed by atoms with van der Waals surface area (Å²) in [5.41, 5.74) is -0.147. The predicted octanol–water partition coefficient (Wildman–Crippen LogP) is -2.80. The minimum absolute atomic E-state index is 0. The summed E-state index contributed by atoms with van der Waals surface area (Å²) in [6.07, 6.45) is 0. The van der Waals surface area contributed by atoms with Crippen molar-refractivity contribution in [2.24, 2.45) is 0 Å². The molecule has 1 aromatic heterocycles. The average Bonchev–Trinajstić information content (AvgIpc) is 2.30. The van der Waals surface area contributed by atoms with Crippen molar-refractivity contribution < 1.29 is 28.8 Å². The van der Waals surface area contributed by atoms with Gasteiger partial charge in [-0.05, 0) is 0 Å². The van der Waals surface area contributed by atoms with Gasteiger partial charge in [-0.3, -0.25) is 0 Å². The van der Waals surface area contributed by atoms with Gasteiger partial charge in [-0.2, -0.15) is 0 Å². The van der Waals surface area contributed by atoms with Crippen LogP contribution in [-0.2, 0) is 5.41 Å². The van der Waals surface area contributed by atoms with Crippen LogP contribution in [0.4, 0.5) is 0 Å². The van der Waals surface area contributed by atoms with Crippen LogP contribution in [0.25, 0.3) is 0 Å². The van der Waals surface area contributed by atoms with Crippen LogP contribution in [0.15, 0.2) is 0 Å². The molecular weight excluding hydrogens is 183 g/mol. The number of aromatic nitrogens is 2. The van der Waals surface area contributed by atoms with Crippen molar-refractivity contribution in [3.8, 4) is 0 Å². The number of nitrogens with zero attached hydrogens (tertiary/aromatic N) is 2. The number of rotatable bonds is 1. The van der Waals surface area contributed by atoms with Gasteiger partial charge in [0.1, 0.15) is 11.0 Å². The second-order valence-electron chi connectivity index (χ2n) is 3.45. The summed E-state index contributed by atoms with van der Waals surface area (Å²) in [6, 6.07) is 0. The Morgan fingerprint density at radius 2 is 1.92 bits per heavy atom. The summed E-state index contributed by atoms with van der Waals surface area (Å²) >= 11 is 1.06. The predicted molar refractivity (Wildman–Crippen MR) is 42.9 cm³/mol. The SMILES string of the molecule is CC(C)(C)c1nnc(C(=O)[O-])s1.[Li+]. The van der Waals surface area contributed by atoms with Gasteiger partial charge in [0, 0.05) is 5.41 Å². The van der Waals surface area contributed by atoms with E-state index in [1.807, 2.05) is 20.8 Å². The molecule has 1 aromatic rings. The monoisotopic (exact) mass is 192 g/mol. The average molecular weight is 192 g/mol. The largest absolute Gasteiger partial charge is 1.00 e. The molecule has 0 unspecified atom stereocenters. The molecule has 1 heterocycles. The van der Waals surface area contributed by atoms with E-state index in [1.165, 1.54) is 0 Å². The maximum absolute atomic E-state index is 10.3. The van der Waals surface area contributed by atoms with Crippen LogP contribution in [0, 0.1) is 0 Å². The Kier molecular flexibility index (Phi) is 4.11. The van der Waals surface area contributed by atoms with E-state index in [0.29, 0.717) is 5.01 Å². The van der Waals surface area contributed by atoms with E-state index in [1.54, 1.807) is 0 Å². The first-order chi connectivity index (χ1) is 5.41. The van der Waals surface area contributed by atoms with Crippen molar-refractivity contribution in [3.63, 3.8) is 0 Å². The zero-order chi connectivity index (χ0) is 9.35. The first-order valence-corrected chi connectivity index (χ1v) is 4.28. The van der Waals surface area contributed by atoms with Crippen LogP contribution in [0.1, 0.15) is 35.6 Å². The van der Waals surface area contributed by atoms with E-state index in [0.717, 1.165) is 11.3 Å². The van der Waals surface area contributed by atoms with Crippen molar-refractivity contribution in [3.05, 3.63) is 10.0 Å². The van der Waals surface area contributed by atoms with E-state index < -0.39 is 5.97 Å². The Morgan fingerprint density at radius 1 is 1.38 bits per heavy atom. The number of carboxylic acids is 1. The second kappa shape index (κ2) is 4.23. The molecule has 0 fully saturated rings. The van der Waals surface area contributed by atoms with Gasteiger partial charge in [-0.25, -0.2) is 0 Å². The smallest absolute Gasteiger partial charge is 0.542 e. The molecule has 0 radical (unpaired) electrons. The van der Waals surface area contributed by atoms with E-state index >= 15 is 0 Å². The minimum Gasteiger partial charge on any atom is -0.542 e. The quantitative estimate of drug-likeness (QED) is 0.451. The third-order valence-corrected chi connectivity index (χ3v) is 2.57. The zero-order valence-corrected chi connectivity index (χ0v) is 8.94. The third-order valence-electron chi connectivity index (χ3n) is 1.24. The fraction of sp³-hybridized carbons (Fsp3) is 0.571. The topological polar surface area (TPSA) is 65.9 Å². The van der Waals surface area contributed by atoms with Crippen LogP contribution < -0.4 is 24.0 Å². The first kappa shape index (κ1) is 12.6. The molecule has 0 aliphatic carbocycles. The second-order valence-corrected chi connectivity index (χ2v) is 4.43. The summed E-state index contributed by atoms with van der Waals surface area (Å²) in [4.78, 5) is 10.3. The van der Waals surface area contributed by atoms with Crippen molar-refractivity contribution in [2.45, 2.75) is 26.2 Å². The fourth-order valence-electron chi connectivity index (χ4n) is 0.609. The van der Waals surface area contributed by atoms with Gasteiger partial charge in [-0.15, -0.1) is 10.2 Å². The maximum atomic E-state index is 10.3. The molecule has 66 valence electrons. The number of carboxylic acid groups (broad SMARTS) is 1. The van der Waals surface area contributed by atoms with E-state index in [4.69, 9.17) is 0 Å². The Balaban J connectivity index is 0.00000144. The third kappa shape index (κ3) is 3.11. The summed E-state index contributed by atoms with van der Waals surface area (Å²) in [6.45, 7) is 5.85. The molecule has 0 amide bonds. The number of hydrogen-bond acceptors (Lipinski definition) is 5. The van der Waals surface area contributed by atoms with Gasteiger partial charge in [-0.1, -0.05) is 32.1 Å². The molecule has 0 aliphatic rings. The van der Waals surface area contributed by atoms with Crippen molar-refractivity contribution in [1.29, 1.82) is 0 Å². The number of carbonyl (C=O) groups excluding carboxylic acids is 1. The van der Waals surface area contributed by atoms with Crippen LogP contribution in [0.3, 0.4) is 0 Å². The molecule has 0 aliphatic heterocycles. The Labute approximate surface area is 92.6 Å². The summed E-state index contributed by atoms with van der Waals surface area (Å²) in [7, 11) is 0. The maximum Gasteiger partial charge on any atom is 1.00 e. The van der Waals surface area contributed by atoms with Crippen LogP contribution in [-0.4, -0.2) is 16.2 Å². The summed E-state index contributed by atoms with van der Waals surface area (Å²) < 4.78 is 0. The summed E-state index contributed by atoms with van der Waals surface area (Å²) in [5, 5.41) is 18.2. The van der Waals surface area contributed by atoms with Gasteiger partial charge < -0.3 is 9.90 Å². The molecule has 0 spiro atoms. The van der Waals surface area contributed by atoms with E-state index in [9.17, 15) is 9.90 Å². The van der Waals surface area contributed by atoms with Crippen LogP contribution in [0.5, 0.6) is 0 Å². The van der Waals surface area contributed by atoms with Gasteiger partial charge in [0.25, 0.3) is 0 Å². The number of aromatic carboxylic acids is 1. The molecule has 1 rings (SSSR count). The molecule has 0 bridgehead atoms. The number of carbonyl (C=O) groups is 1. The van der Waals surface area contributed by atoms with Gasteiger partial charge >= 0.3 is 18.9 Å². The first-order valence-electron chi connectivity index (χ1n) is 3.46. The molecule has 0 N–H and O–H groups in total. The van der Waals surface area contributed by atoms with Crippen molar-refractivity contribution in [1.82, 2.24) is 10.2 Å². The van der Waals surface area contributed by atoms with Gasteiger partial charge in [0.2, 0.25) is 0 Å². The Bertz CT molecular complexity index is 306. The van der Waals surface area contributed by atoms with Crippen LogP contribution in [0.2, 0.25) is 0 Å². The van der Waals surface area contributed by atoms with Crippen molar-refractivity contribution >= 4 is 17.3 Å². The standard InChI is InChI=1S/C7H10N2O2S.Li/c1-7(2,3)6-9-8-4(12-6)5(10)11;/h1-3H3,(H,10,11);/q;+1/p-1. The molecule has 0 atom stereocenters. The van der Waals surface area contributed by atoms with Crippen LogP contribution >= 0.6 is 11.3 Å². The molecular formula is C7H9LiN2O2S. The molecule has 4 nitrogen and oxygen atoms in total. The fourth-order valence-corrected chi connectivity index (χ4v) is 1.34.